The zero-order valence-electron chi connectivity index (χ0n) is 9.10. The molecule has 0 spiro atoms. The Morgan fingerprint density at radius 2 is 2.06 bits per heavy atom. The number of hydrogen-bond acceptors (Lipinski definition) is 4. The van der Waals surface area contributed by atoms with E-state index in [0.29, 0.717) is 19.3 Å². The Labute approximate surface area is 102 Å². The molecular weight excluding hydrogens is 252 g/mol. The number of carbonyl (C=O) groups is 1. The molecule has 0 aromatic carbocycles. The second-order valence-electron chi connectivity index (χ2n) is 4.53. The standard InChI is InChI=1S/C9H16N2O3S.ClH/c1-2-6-5-9(6,10)8(12)11-15(13,14)7-3-4-7;/h6-7H,2-5,10H2,1H3,(H,11,12);1H/t6-,9-;/m1./s1. The van der Waals surface area contributed by atoms with E-state index in [4.69, 9.17) is 5.73 Å². The largest absolute Gasteiger partial charge is 0.317 e. The minimum absolute atomic E-state index is 0. The van der Waals surface area contributed by atoms with Gasteiger partial charge in [0.05, 0.1) is 10.8 Å². The lowest BCUT2D eigenvalue weighted by atomic mass is 10.2. The van der Waals surface area contributed by atoms with Crippen LogP contribution >= 0.6 is 12.4 Å². The van der Waals surface area contributed by atoms with E-state index < -0.39 is 21.5 Å². The van der Waals surface area contributed by atoms with Crippen LogP contribution in [0, 0.1) is 5.92 Å². The van der Waals surface area contributed by atoms with Gasteiger partial charge in [-0.25, -0.2) is 8.42 Å². The Morgan fingerprint density at radius 1 is 1.50 bits per heavy atom. The molecule has 2 fully saturated rings. The molecule has 2 aliphatic carbocycles. The molecule has 16 heavy (non-hydrogen) atoms. The fourth-order valence-electron chi connectivity index (χ4n) is 1.82. The van der Waals surface area contributed by atoms with Crippen molar-refractivity contribution >= 4 is 28.3 Å². The molecule has 0 bridgehead atoms. The summed E-state index contributed by atoms with van der Waals surface area (Å²) >= 11 is 0. The number of sulfonamides is 1. The van der Waals surface area contributed by atoms with E-state index in [2.05, 4.69) is 4.72 Å². The maximum atomic E-state index is 11.6. The van der Waals surface area contributed by atoms with Crippen molar-refractivity contribution in [3.8, 4) is 0 Å². The normalized spacial score (nSPS) is 32.8. The molecule has 0 aliphatic heterocycles. The van der Waals surface area contributed by atoms with Crippen LogP contribution in [0.2, 0.25) is 0 Å². The molecule has 0 aromatic rings. The number of nitrogens with one attached hydrogen (secondary N) is 1. The third-order valence-electron chi connectivity index (χ3n) is 3.27. The van der Waals surface area contributed by atoms with E-state index in [0.717, 1.165) is 6.42 Å². The van der Waals surface area contributed by atoms with Gasteiger partial charge in [0.1, 0.15) is 0 Å². The summed E-state index contributed by atoms with van der Waals surface area (Å²) in [5.41, 5.74) is 4.86. The zero-order valence-corrected chi connectivity index (χ0v) is 10.7. The molecule has 5 nitrogen and oxygen atoms in total. The summed E-state index contributed by atoms with van der Waals surface area (Å²) in [6, 6.07) is 0. The number of rotatable bonds is 4. The van der Waals surface area contributed by atoms with E-state index in [1.165, 1.54) is 0 Å². The predicted molar refractivity (Wildman–Crippen MR) is 62.6 cm³/mol. The van der Waals surface area contributed by atoms with Gasteiger partial charge < -0.3 is 5.73 Å². The molecule has 2 aliphatic rings. The highest BCUT2D eigenvalue weighted by Gasteiger charge is 2.57. The first-order valence-electron chi connectivity index (χ1n) is 5.25. The highest BCUT2D eigenvalue weighted by atomic mass is 35.5. The van der Waals surface area contributed by atoms with Crippen molar-refractivity contribution in [3.05, 3.63) is 0 Å². The van der Waals surface area contributed by atoms with Crippen molar-refractivity contribution < 1.29 is 13.2 Å². The number of nitrogens with two attached hydrogens (primary N) is 1. The molecule has 1 amide bonds. The molecule has 0 unspecified atom stereocenters. The van der Waals surface area contributed by atoms with Crippen molar-refractivity contribution in [1.82, 2.24) is 4.72 Å². The van der Waals surface area contributed by atoms with Crippen molar-refractivity contribution in [2.24, 2.45) is 11.7 Å². The maximum absolute atomic E-state index is 11.6. The van der Waals surface area contributed by atoms with Gasteiger partial charge >= 0.3 is 0 Å². The summed E-state index contributed by atoms with van der Waals surface area (Å²) in [4.78, 5) is 11.6. The van der Waals surface area contributed by atoms with Gasteiger partial charge in [-0.1, -0.05) is 13.3 Å². The molecule has 0 radical (unpaired) electrons. The van der Waals surface area contributed by atoms with Crippen LogP contribution in [0.15, 0.2) is 0 Å². The monoisotopic (exact) mass is 268 g/mol. The first-order valence-corrected chi connectivity index (χ1v) is 6.79. The minimum atomic E-state index is -3.44. The van der Waals surface area contributed by atoms with Crippen molar-refractivity contribution in [2.75, 3.05) is 0 Å². The second-order valence-corrected chi connectivity index (χ2v) is 6.49. The lowest BCUT2D eigenvalue weighted by Crippen LogP contribution is -2.47. The first-order chi connectivity index (χ1) is 6.90. The molecule has 7 heteroatoms. The minimum Gasteiger partial charge on any atom is -0.317 e. The lowest BCUT2D eigenvalue weighted by molar-refractivity contribution is -0.121. The number of amides is 1. The fourth-order valence-corrected chi connectivity index (χ4v) is 3.19. The average molecular weight is 269 g/mol. The topological polar surface area (TPSA) is 89.3 Å². The molecule has 0 aromatic heterocycles. The molecule has 94 valence electrons. The van der Waals surface area contributed by atoms with Gasteiger partial charge in [0.15, 0.2) is 0 Å². The van der Waals surface area contributed by atoms with Crippen molar-refractivity contribution in [3.63, 3.8) is 0 Å². The summed E-state index contributed by atoms with van der Waals surface area (Å²) in [5.74, 6) is -0.395. The van der Waals surface area contributed by atoms with Crippen LogP contribution in [0.3, 0.4) is 0 Å². The Bertz CT molecular complexity index is 394. The van der Waals surface area contributed by atoms with Gasteiger partial charge in [-0.05, 0) is 25.2 Å². The van der Waals surface area contributed by atoms with E-state index in [9.17, 15) is 13.2 Å². The Morgan fingerprint density at radius 3 is 2.44 bits per heavy atom. The first kappa shape index (κ1) is 13.7. The summed E-state index contributed by atoms with van der Waals surface area (Å²) in [7, 11) is -3.44. The van der Waals surface area contributed by atoms with Crippen LogP contribution < -0.4 is 10.5 Å². The lowest BCUT2D eigenvalue weighted by Gasteiger charge is -2.11. The number of hydrogen-bond donors (Lipinski definition) is 2. The molecule has 2 atom stereocenters. The Kier molecular flexibility index (Phi) is 3.57. The third kappa shape index (κ3) is 2.33. The molecule has 0 heterocycles. The van der Waals surface area contributed by atoms with Crippen LogP contribution in [0.5, 0.6) is 0 Å². The van der Waals surface area contributed by atoms with Crippen molar-refractivity contribution in [2.45, 2.75) is 43.4 Å². The quantitative estimate of drug-likeness (QED) is 0.759. The average Bonchev–Trinajstić information content (AvgIpc) is 2.97. The number of halogens is 1. The van der Waals surface area contributed by atoms with Gasteiger partial charge in [0.25, 0.3) is 5.91 Å². The Balaban J connectivity index is 0.00000128. The van der Waals surface area contributed by atoms with E-state index in [1.54, 1.807) is 0 Å². The van der Waals surface area contributed by atoms with Crippen LogP contribution in [0.1, 0.15) is 32.6 Å². The molecule has 3 N–H and O–H groups in total. The summed E-state index contributed by atoms with van der Waals surface area (Å²) in [5, 5.41) is -0.371. The molecule has 2 saturated carbocycles. The maximum Gasteiger partial charge on any atom is 0.253 e. The summed E-state index contributed by atoms with van der Waals surface area (Å²) in [6.45, 7) is 1.95. The third-order valence-corrected chi connectivity index (χ3v) is 5.09. The van der Waals surface area contributed by atoms with E-state index in [1.807, 2.05) is 6.92 Å². The van der Waals surface area contributed by atoms with Crippen LogP contribution in [-0.2, 0) is 14.8 Å². The number of carbonyl (C=O) groups excluding carboxylic acids is 1. The highest BCUT2D eigenvalue weighted by Crippen LogP contribution is 2.43. The summed E-state index contributed by atoms with van der Waals surface area (Å²) < 4.78 is 25.1. The van der Waals surface area contributed by atoms with E-state index >= 15 is 0 Å². The Hall–Kier alpha value is -0.330. The van der Waals surface area contributed by atoms with E-state index in [-0.39, 0.29) is 23.6 Å². The van der Waals surface area contributed by atoms with Gasteiger partial charge in [0.2, 0.25) is 10.0 Å². The van der Waals surface area contributed by atoms with Gasteiger partial charge in [-0.15, -0.1) is 12.4 Å². The highest BCUT2D eigenvalue weighted by molar-refractivity contribution is 7.90. The van der Waals surface area contributed by atoms with Gasteiger partial charge in [-0.3, -0.25) is 9.52 Å². The smallest absolute Gasteiger partial charge is 0.253 e. The second kappa shape index (κ2) is 4.16. The SMILES string of the molecule is CC[C@@H]1C[C@]1(N)C(=O)NS(=O)(=O)C1CC1.Cl. The fraction of sp³-hybridized carbons (Fsp3) is 0.889. The summed E-state index contributed by atoms with van der Waals surface area (Å²) in [6.07, 6.45) is 2.71. The molecule has 2 rings (SSSR count). The van der Waals surface area contributed by atoms with Crippen LogP contribution in [0.4, 0.5) is 0 Å². The van der Waals surface area contributed by atoms with Crippen molar-refractivity contribution in [1.29, 1.82) is 0 Å². The molecular formula is C9H17ClN2O3S. The van der Waals surface area contributed by atoms with Crippen LogP contribution in [0.25, 0.3) is 0 Å². The zero-order chi connectivity index (χ0) is 11.3. The van der Waals surface area contributed by atoms with Gasteiger partial charge in [-0.2, -0.15) is 0 Å². The van der Waals surface area contributed by atoms with Crippen LogP contribution in [-0.4, -0.2) is 25.1 Å². The molecule has 0 saturated heterocycles. The predicted octanol–water partition coefficient (Wildman–Crippen LogP) is 0.144. The van der Waals surface area contributed by atoms with Gasteiger partial charge in [0, 0.05) is 0 Å².